The minimum Gasteiger partial charge on any atom is -0.198 e. The van der Waals surface area contributed by atoms with E-state index in [-0.39, 0.29) is 18.1 Å². The van der Waals surface area contributed by atoms with E-state index in [9.17, 15) is 0 Å². The highest BCUT2D eigenvalue weighted by molar-refractivity contribution is 7.81. The smallest absolute Gasteiger partial charge is 0.0684 e. The number of nitriles is 1. The Morgan fingerprint density at radius 3 is 2.28 bits per heavy atom. The highest BCUT2D eigenvalue weighted by atomic mass is 32.1. The molecule has 0 saturated carbocycles. The van der Waals surface area contributed by atoms with Gasteiger partial charge in [-0.3, -0.25) is 0 Å². The first-order chi connectivity index (χ1) is 7.96. The third-order valence-corrected chi connectivity index (χ3v) is 2.54. The number of nitrogens with zero attached hydrogens (tertiary/aromatic N) is 1. The fourth-order valence-corrected chi connectivity index (χ4v) is 1.88. The molecule has 0 radical (unpaired) electrons. The topological polar surface area (TPSA) is 23.8 Å². The van der Waals surface area contributed by atoms with Crippen molar-refractivity contribution in [2.75, 3.05) is 0 Å². The van der Waals surface area contributed by atoms with Crippen LogP contribution in [0.4, 0.5) is 0 Å². The molecule has 0 fully saturated rings. The van der Waals surface area contributed by atoms with Crippen LogP contribution in [0.15, 0.2) is 36.5 Å². The van der Waals surface area contributed by atoms with E-state index < -0.39 is 0 Å². The van der Waals surface area contributed by atoms with E-state index >= 15 is 0 Å². The van der Waals surface area contributed by atoms with E-state index in [0.717, 1.165) is 12.0 Å². The van der Waals surface area contributed by atoms with E-state index in [1.165, 1.54) is 0 Å². The summed E-state index contributed by atoms with van der Waals surface area (Å²) >= 11 is 4.52. The molecule has 18 heavy (non-hydrogen) atoms. The lowest BCUT2D eigenvalue weighted by Crippen LogP contribution is -2.16. The van der Waals surface area contributed by atoms with Crippen LogP contribution in [0.2, 0.25) is 0 Å². The predicted molar refractivity (Wildman–Crippen MR) is 88.0 cm³/mol. The fourth-order valence-electron chi connectivity index (χ4n) is 1.25. The Labute approximate surface area is 120 Å². The second kappa shape index (κ2) is 12.5. The highest BCUT2D eigenvalue weighted by Crippen LogP contribution is 2.27. The van der Waals surface area contributed by atoms with Crippen LogP contribution in [0, 0.1) is 16.7 Å². The Hall–Kier alpha value is -0.940. The first-order valence-corrected chi connectivity index (χ1v) is 6.53. The monoisotopic (exact) mass is 267 g/mol. The van der Waals surface area contributed by atoms with Gasteiger partial charge in [-0.15, -0.1) is 0 Å². The van der Waals surface area contributed by atoms with Gasteiger partial charge in [0.25, 0.3) is 0 Å². The summed E-state index contributed by atoms with van der Waals surface area (Å²) in [4.78, 5) is 0. The molecule has 0 saturated heterocycles. The molecule has 0 heterocycles. The second-order valence-electron chi connectivity index (χ2n) is 4.12. The Kier molecular flexibility index (Phi) is 15.5. The van der Waals surface area contributed by atoms with Crippen LogP contribution in [0.1, 0.15) is 48.5 Å². The molecule has 0 amide bonds. The molecule has 0 aliphatic carbocycles. The maximum absolute atomic E-state index is 8.94. The van der Waals surface area contributed by atoms with E-state index in [0.29, 0.717) is 0 Å². The van der Waals surface area contributed by atoms with Crippen LogP contribution < -0.4 is 0 Å². The minimum absolute atomic E-state index is 0. The van der Waals surface area contributed by atoms with Crippen molar-refractivity contribution in [2.24, 2.45) is 5.41 Å². The van der Waals surface area contributed by atoms with Gasteiger partial charge >= 0.3 is 0 Å². The van der Waals surface area contributed by atoms with Crippen molar-refractivity contribution in [1.82, 2.24) is 0 Å². The molecule has 0 aromatic carbocycles. The van der Waals surface area contributed by atoms with Crippen molar-refractivity contribution < 1.29 is 0 Å². The van der Waals surface area contributed by atoms with Gasteiger partial charge in [-0.05, 0) is 32.8 Å². The average Bonchev–Trinajstić information content (AvgIpc) is 2.31. The highest BCUT2D eigenvalue weighted by Gasteiger charge is 2.21. The van der Waals surface area contributed by atoms with Crippen LogP contribution in [0.3, 0.4) is 0 Å². The molecule has 0 bridgehead atoms. The van der Waals surface area contributed by atoms with Crippen molar-refractivity contribution in [1.29, 1.82) is 5.26 Å². The molecule has 0 aliphatic rings. The number of hydrogen-bond donors (Lipinski definition) is 1. The van der Waals surface area contributed by atoms with Crippen LogP contribution in [-0.4, -0.2) is 5.25 Å². The molecular formula is C16H29NS. The Bertz CT molecular complexity index is 306. The molecule has 2 heteroatoms. The number of hydrogen-bond acceptors (Lipinski definition) is 2. The lowest BCUT2D eigenvalue weighted by Gasteiger charge is -2.20. The summed E-state index contributed by atoms with van der Waals surface area (Å²) in [6.07, 6.45) is 8.39. The summed E-state index contributed by atoms with van der Waals surface area (Å²) in [5.74, 6) is 0. The maximum atomic E-state index is 8.94. The maximum Gasteiger partial charge on any atom is 0.0684 e. The molecule has 0 aromatic rings. The third kappa shape index (κ3) is 10.2. The Morgan fingerprint density at radius 1 is 1.44 bits per heavy atom. The van der Waals surface area contributed by atoms with Gasteiger partial charge in [0.05, 0.1) is 11.5 Å². The van der Waals surface area contributed by atoms with Crippen molar-refractivity contribution in [2.45, 2.75) is 53.7 Å². The number of allylic oxidation sites excluding steroid dienone is 4. The van der Waals surface area contributed by atoms with Gasteiger partial charge in [-0.1, -0.05) is 52.2 Å². The first kappa shape index (κ1) is 22.3. The quantitative estimate of drug-likeness (QED) is 0.510. The lowest BCUT2D eigenvalue weighted by molar-refractivity contribution is 0.459. The summed E-state index contributed by atoms with van der Waals surface area (Å²) in [6, 6.07) is 2.29. The van der Waals surface area contributed by atoms with Gasteiger partial charge in [-0.25, -0.2) is 0 Å². The standard InChI is InChI=1S/C13H19NS.C2H6.CH4/c1-5-7-11(8-6-2)12(15)9-13(3,4)10-14;1-2;/h5-8,12,15H,1,9H2,2-4H3;1-2H3;1H4/b8-6-,11-7+;;. The molecule has 1 atom stereocenters. The van der Waals surface area contributed by atoms with Crippen molar-refractivity contribution in [3.8, 4) is 6.07 Å². The van der Waals surface area contributed by atoms with E-state index in [4.69, 9.17) is 5.26 Å². The van der Waals surface area contributed by atoms with E-state index in [2.05, 4.69) is 25.3 Å². The summed E-state index contributed by atoms with van der Waals surface area (Å²) in [5.41, 5.74) is 0.757. The minimum atomic E-state index is -0.339. The van der Waals surface area contributed by atoms with Gasteiger partial charge in [0, 0.05) is 5.25 Å². The fraction of sp³-hybridized carbons (Fsp3) is 0.562. The zero-order chi connectivity index (χ0) is 13.9. The van der Waals surface area contributed by atoms with Crippen LogP contribution in [0.5, 0.6) is 0 Å². The van der Waals surface area contributed by atoms with Gasteiger partial charge in [0.15, 0.2) is 0 Å². The Morgan fingerprint density at radius 2 is 1.94 bits per heavy atom. The Balaban J connectivity index is -0.000000709. The molecule has 1 unspecified atom stereocenters. The van der Waals surface area contributed by atoms with Gasteiger partial charge in [-0.2, -0.15) is 17.9 Å². The molecule has 0 rings (SSSR count). The van der Waals surface area contributed by atoms with E-state index in [1.54, 1.807) is 6.08 Å². The van der Waals surface area contributed by atoms with Crippen LogP contribution in [-0.2, 0) is 0 Å². The normalized spacial score (nSPS) is 12.8. The average molecular weight is 267 g/mol. The zero-order valence-electron chi connectivity index (χ0n) is 11.7. The van der Waals surface area contributed by atoms with E-state index in [1.807, 2.05) is 52.8 Å². The van der Waals surface area contributed by atoms with Gasteiger partial charge < -0.3 is 0 Å². The first-order valence-electron chi connectivity index (χ1n) is 6.01. The molecule has 104 valence electrons. The molecule has 0 aliphatic heterocycles. The predicted octanol–water partition coefficient (Wildman–Crippen LogP) is 5.58. The van der Waals surface area contributed by atoms with Gasteiger partial charge in [0.1, 0.15) is 0 Å². The number of thiol groups is 1. The third-order valence-electron chi connectivity index (χ3n) is 2.06. The van der Waals surface area contributed by atoms with Crippen molar-refractivity contribution in [3.63, 3.8) is 0 Å². The molecular weight excluding hydrogens is 238 g/mol. The largest absolute Gasteiger partial charge is 0.198 e. The summed E-state index contributed by atoms with van der Waals surface area (Å²) in [6.45, 7) is 13.5. The molecule has 0 N–H and O–H groups in total. The molecule has 0 aromatic heterocycles. The van der Waals surface area contributed by atoms with Crippen molar-refractivity contribution >= 4 is 12.6 Å². The summed E-state index contributed by atoms with van der Waals surface area (Å²) in [7, 11) is 0. The summed E-state index contributed by atoms with van der Waals surface area (Å²) in [5, 5.41) is 9.02. The zero-order valence-corrected chi connectivity index (χ0v) is 12.6. The second-order valence-corrected chi connectivity index (χ2v) is 4.74. The van der Waals surface area contributed by atoms with Gasteiger partial charge in [0.2, 0.25) is 0 Å². The number of rotatable bonds is 5. The lowest BCUT2D eigenvalue weighted by atomic mass is 9.87. The van der Waals surface area contributed by atoms with Crippen LogP contribution >= 0.6 is 12.6 Å². The van der Waals surface area contributed by atoms with Crippen molar-refractivity contribution in [3.05, 3.63) is 36.5 Å². The SMILES string of the molecule is C.C=C/C=C(\C=C/C)C(S)CC(C)(C)C#N.CC. The van der Waals surface area contributed by atoms with Crippen LogP contribution in [0.25, 0.3) is 0 Å². The molecule has 1 nitrogen and oxygen atoms in total. The molecule has 0 spiro atoms. The summed E-state index contributed by atoms with van der Waals surface area (Å²) < 4.78 is 0.